The van der Waals surface area contributed by atoms with Crippen LogP contribution >= 0.6 is 0 Å². The Labute approximate surface area is 232 Å². The second-order valence-corrected chi connectivity index (χ2v) is 11.8. The summed E-state index contributed by atoms with van der Waals surface area (Å²) in [6, 6.07) is 8.50. The third kappa shape index (κ3) is 4.37. The van der Waals surface area contributed by atoms with Gasteiger partial charge in [-0.25, -0.2) is 9.18 Å². The molecule has 208 valence electrons. The normalized spacial score (nSPS) is 27.6. The maximum absolute atomic E-state index is 15.3. The van der Waals surface area contributed by atoms with Gasteiger partial charge in [-0.15, -0.1) is 0 Å². The number of piperidine rings is 2. The van der Waals surface area contributed by atoms with Crippen molar-refractivity contribution in [2.45, 2.75) is 68.3 Å². The number of nitriles is 1. The van der Waals surface area contributed by atoms with Gasteiger partial charge in [0.15, 0.2) is 0 Å². The van der Waals surface area contributed by atoms with E-state index in [0.29, 0.717) is 53.2 Å². The monoisotopic (exact) mass is 545 g/mol. The molecule has 4 aliphatic heterocycles. The lowest BCUT2D eigenvalue weighted by atomic mass is 9.83. The molecule has 2 N–H and O–H groups in total. The molecule has 7 rings (SSSR count). The van der Waals surface area contributed by atoms with Crippen LogP contribution in [0.5, 0.6) is 0 Å². The molecule has 5 heterocycles. The predicted octanol–water partition coefficient (Wildman–Crippen LogP) is 2.44. The van der Waals surface area contributed by atoms with Gasteiger partial charge < -0.3 is 20.1 Å². The van der Waals surface area contributed by atoms with Crippen molar-refractivity contribution in [1.29, 1.82) is 5.26 Å². The Balaban J connectivity index is 1.06. The summed E-state index contributed by atoms with van der Waals surface area (Å²) in [6.07, 6.45) is 6.10. The van der Waals surface area contributed by atoms with E-state index in [2.05, 4.69) is 26.6 Å². The number of nitrogens with zero attached hydrogens (tertiary/aromatic N) is 3. The highest BCUT2D eigenvalue weighted by Crippen LogP contribution is 2.45. The Morgan fingerprint density at radius 2 is 2.10 bits per heavy atom. The summed E-state index contributed by atoms with van der Waals surface area (Å²) in [5, 5.41) is 15.8. The number of carbonyl (C=O) groups is 2. The molecular formula is C30H32FN5O4. The number of ether oxygens (including phenoxy) is 2. The largest absolute Gasteiger partial charge is 0.450 e. The Bertz CT molecular complexity index is 1400. The number of aromatic nitrogens is 1. The van der Waals surface area contributed by atoms with E-state index in [1.54, 1.807) is 12.1 Å². The van der Waals surface area contributed by atoms with Crippen LogP contribution in [0.4, 0.5) is 4.39 Å². The van der Waals surface area contributed by atoms with E-state index >= 15 is 4.39 Å². The van der Waals surface area contributed by atoms with E-state index in [1.165, 1.54) is 12.3 Å². The van der Waals surface area contributed by atoms with E-state index in [4.69, 9.17) is 9.47 Å². The average molecular weight is 546 g/mol. The van der Waals surface area contributed by atoms with Crippen LogP contribution in [-0.4, -0.2) is 72.2 Å². The van der Waals surface area contributed by atoms with Crippen molar-refractivity contribution in [3.05, 3.63) is 53.0 Å². The number of fused-ring (bicyclic) bond motifs is 4. The lowest BCUT2D eigenvalue weighted by Crippen LogP contribution is -2.54. The zero-order valence-electron chi connectivity index (χ0n) is 22.2. The van der Waals surface area contributed by atoms with E-state index in [1.807, 2.05) is 6.07 Å². The lowest BCUT2D eigenvalue weighted by Gasteiger charge is -2.44. The average Bonchev–Trinajstić information content (AvgIpc) is 3.64. The van der Waals surface area contributed by atoms with Crippen molar-refractivity contribution in [2.24, 2.45) is 5.92 Å². The molecule has 1 aromatic carbocycles. The Kier molecular flexibility index (Phi) is 6.33. The molecule has 2 aromatic rings. The number of benzene rings is 1. The summed E-state index contributed by atoms with van der Waals surface area (Å²) < 4.78 is 26.5. The molecule has 5 aliphatic rings. The highest BCUT2D eigenvalue weighted by molar-refractivity contribution is 5.95. The minimum absolute atomic E-state index is 0.0702. The summed E-state index contributed by atoms with van der Waals surface area (Å²) in [5.74, 6) is -0.702. The van der Waals surface area contributed by atoms with Gasteiger partial charge >= 0.3 is 5.97 Å². The molecule has 40 heavy (non-hydrogen) atoms. The number of amides is 1. The molecule has 4 fully saturated rings. The highest BCUT2D eigenvalue weighted by Gasteiger charge is 2.49. The summed E-state index contributed by atoms with van der Waals surface area (Å²) in [4.78, 5) is 32.3. The van der Waals surface area contributed by atoms with Crippen molar-refractivity contribution in [2.75, 3.05) is 26.3 Å². The molecule has 3 saturated heterocycles. The summed E-state index contributed by atoms with van der Waals surface area (Å²) in [7, 11) is 0. The number of carbonyl (C=O) groups excluding carboxylic acids is 2. The van der Waals surface area contributed by atoms with Gasteiger partial charge in [0.25, 0.3) is 0 Å². The Morgan fingerprint density at radius 1 is 1.27 bits per heavy atom. The number of likely N-dealkylation sites (tertiary alicyclic amines) is 1. The van der Waals surface area contributed by atoms with Gasteiger partial charge in [0.05, 0.1) is 42.6 Å². The smallest absolute Gasteiger partial charge is 0.341 e. The van der Waals surface area contributed by atoms with Gasteiger partial charge in [-0.05, 0) is 42.9 Å². The van der Waals surface area contributed by atoms with Crippen LogP contribution in [0, 0.1) is 23.1 Å². The Morgan fingerprint density at radius 3 is 2.75 bits per heavy atom. The third-order valence-corrected chi connectivity index (χ3v) is 9.53. The number of pyridine rings is 1. The van der Waals surface area contributed by atoms with Gasteiger partial charge in [0.2, 0.25) is 5.91 Å². The second kappa shape index (κ2) is 9.91. The Hall–Kier alpha value is -3.39. The van der Waals surface area contributed by atoms with Crippen molar-refractivity contribution in [3.63, 3.8) is 0 Å². The van der Waals surface area contributed by atoms with Crippen LogP contribution in [0.2, 0.25) is 0 Å². The van der Waals surface area contributed by atoms with Crippen LogP contribution < -0.4 is 10.6 Å². The first-order valence-corrected chi connectivity index (χ1v) is 14.2. The number of esters is 1. The molecule has 4 atom stereocenters. The molecule has 1 saturated carbocycles. The molecule has 1 aliphatic carbocycles. The van der Waals surface area contributed by atoms with E-state index in [-0.39, 0.29) is 24.3 Å². The van der Waals surface area contributed by atoms with Crippen LogP contribution in [0.3, 0.4) is 0 Å². The van der Waals surface area contributed by atoms with Gasteiger partial charge in [-0.1, -0.05) is 12.1 Å². The molecule has 2 bridgehead atoms. The third-order valence-electron chi connectivity index (χ3n) is 9.53. The first-order chi connectivity index (χ1) is 19.4. The molecule has 9 nitrogen and oxygen atoms in total. The fraction of sp³-hybridized carbons (Fsp3) is 0.533. The van der Waals surface area contributed by atoms with Crippen molar-refractivity contribution in [1.82, 2.24) is 20.5 Å². The SMILES string of the molecule is N#C[C@H](Cc1ccc(-c2cc3c(cn2)C(=O)OC32CCN(C3COC3)CC2)cc1F)NC(=O)[C@H]1N[C@@H]2CC[C@H]1C2. The predicted molar refractivity (Wildman–Crippen MR) is 141 cm³/mol. The molecule has 0 radical (unpaired) electrons. The van der Waals surface area contributed by atoms with Crippen molar-refractivity contribution < 1.29 is 23.5 Å². The fourth-order valence-electron chi connectivity index (χ4n) is 7.13. The number of halogens is 1. The van der Waals surface area contributed by atoms with Crippen LogP contribution in [0.25, 0.3) is 11.3 Å². The second-order valence-electron chi connectivity index (χ2n) is 11.8. The van der Waals surface area contributed by atoms with Crippen LogP contribution in [-0.2, 0) is 26.3 Å². The van der Waals surface area contributed by atoms with Gasteiger partial charge in [-0.3, -0.25) is 14.7 Å². The molecule has 0 unspecified atom stereocenters. The standard InChI is InChI=1S/C30H32FN5O4/c31-25-11-18(2-1-17(25)9-21(13-32)35-28(37)27-19-3-4-20(10-19)34-27)26-12-24-23(14-33-26)29(38)40-30(24)5-7-36(8-6-30)22-15-39-16-22/h1-2,11-12,14,19-22,27,34H,3-10,15-16H2,(H,35,37)/t19-,20+,21-,27-/m0/s1. The van der Waals surface area contributed by atoms with E-state index in [9.17, 15) is 14.9 Å². The molecule has 10 heteroatoms. The number of rotatable bonds is 6. The zero-order chi connectivity index (χ0) is 27.4. The van der Waals surface area contributed by atoms with Crippen molar-refractivity contribution in [3.8, 4) is 17.3 Å². The maximum Gasteiger partial charge on any atom is 0.341 e. The number of hydrogen-bond acceptors (Lipinski definition) is 8. The molecule has 1 aromatic heterocycles. The molecule has 1 amide bonds. The van der Waals surface area contributed by atoms with E-state index < -0.39 is 17.5 Å². The van der Waals surface area contributed by atoms with Crippen LogP contribution in [0.1, 0.15) is 53.6 Å². The first-order valence-electron chi connectivity index (χ1n) is 14.2. The first kappa shape index (κ1) is 25.6. The quantitative estimate of drug-likeness (QED) is 0.532. The fourth-order valence-corrected chi connectivity index (χ4v) is 7.13. The number of hydrogen-bond donors (Lipinski definition) is 2. The summed E-state index contributed by atoms with van der Waals surface area (Å²) in [5.41, 5.74) is 2.09. The van der Waals surface area contributed by atoms with Crippen LogP contribution in [0.15, 0.2) is 30.5 Å². The number of nitrogens with one attached hydrogen (secondary N) is 2. The zero-order valence-corrected chi connectivity index (χ0v) is 22.2. The summed E-state index contributed by atoms with van der Waals surface area (Å²) >= 11 is 0. The topological polar surface area (TPSA) is 117 Å². The molecular weight excluding hydrogens is 513 g/mol. The summed E-state index contributed by atoms with van der Waals surface area (Å²) in [6.45, 7) is 3.13. The minimum Gasteiger partial charge on any atom is -0.450 e. The van der Waals surface area contributed by atoms with Gasteiger partial charge in [0, 0.05) is 55.7 Å². The lowest BCUT2D eigenvalue weighted by molar-refractivity contribution is -0.124. The van der Waals surface area contributed by atoms with Gasteiger partial charge in [-0.2, -0.15) is 5.26 Å². The van der Waals surface area contributed by atoms with Crippen molar-refractivity contribution >= 4 is 11.9 Å². The van der Waals surface area contributed by atoms with E-state index in [0.717, 1.165) is 51.1 Å². The maximum atomic E-state index is 15.3. The highest BCUT2D eigenvalue weighted by atomic mass is 19.1. The molecule has 1 spiro atoms. The minimum atomic E-state index is -0.827. The van der Waals surface area contributed by atoms with Gasteiger partial charge in [0.1, 0.15) is 17.5 Å².